The first-order valence-electron chi connectivity index (χ1n) is 2.66. The average molecular weight is 133 g/mol. The van der Waals surface area contributed by atoms with Crippen molar-refractivity contribution in [1.29, 1.82) is 0 Å². The van der Waals surface area contributed by atoms with Gasteiger partial charge in [-0.2, -0.15) is 0 Å². The van der Waals surface area contributed by atoms with Crippen LogP contribution in [0.3, 0.4) is 0 Å². The molecule has 0 aliphatic rings. The zero-order chi connectivity index (χ0) is 7.28. The molecular formula is C5H11NO3. The van der Waals surface area contributed by atoms with Crippen LogP contribution in [0.1, 0.15) is 6.92 Å². The number of esters is 1. The number of carbonyl (C=O) groups excluding carboxylic acids is 1. The zero-order valence-electron chi connectivity index (χ0n) is 5.55. The van der Waals surface area contributed by atoms with Crippen LogP contribution in [0.25, 0.3) is 0 Å². The van der Waals surface area contributed by atoms with Crippen molar-refractivity contribution in [2.75, 3.05) is 13.6 Å². The van der Waals surface area contributed by atoms with Gasteiger partial charge in [0.05, 0.1) is 6.54 Å². The molecule has 0 aromatic rings. The summed E-state index contributed by atoms with van der Waals surface area (Å²) in [4.78, 5) is 10.1. The maximum Gasteiger partial charge on any atom is 0.304 e. The monoisotopic (exact) mass is 133 g/mol. The molecule has 0 rings (SSSR count). The molecule has 2 N–H and O–H groups in total. The van der Waals surface area contributed by atoms with Crippen LogP contribution in [0.2, 0.25) is 0 Å². The Bertz CT molecular complexity index is 94.2. The van der Waals surface area contributed by atoms with E-state index in [0.717, 1.165) is 0 Å². The van der Waals surface area contributed by atoms with E-state index in [4.69, 9.17) is 5.11 Å². The van der Waals surface area contributed by atoms with E-state index in [1.165, 1.54) is 6.92 Å². The normalized spacial score (nSPS) is 12.8. The van der Waals surface area contributed by atoms with Crippen LogP contribution >= 0.6 is 0 Å². The third kappa shape index (κ3) is 5.26. The van der Waals surface area contributed by atoms with Crippen LogP contribution in [0.5, 0.6) is 0 Å². The Kier molecular flexibility index (Phi) is 4.00. The summed E-state index contributed by atoms with van der Waals surface area (Å²) >= 11 is 0. The number of hydrogen-bond acceptors (Lipinski definition) is 4. The van der Waals surface area contributed by atoms with Gasteiger partial charge in [0, 0.05) is 6.92 Å². The van der Waals surface area contributed by atoms with Gasteiger partial charge in [0.25, 0.3) is 0 Å². The summed E-state index contributed by atoms with van der Waals surface area (Å²) in [6, 6.07) is 0. The van der Waals surface area contributed by atoms with Crippen molar-refractivity contribution in [1.82, 2.24) is 5.32 Å². The Labute approximate surface area is 53.8 Å². The van der Waals surface area contributed by atoms with Gasteiger partial charge >= 0.3 is 5.97 Å². The van der Waals surface area contributed by atoms with Crippen LogP contribution in [-0.4, -0.2) is 31.0 Å². The lowest BCUT2D eigenvalue weighted by Gasteiger charge is -2.08. The summed E-state index contributed by atoms with van der Waals surface area (Å²) in [6.07, 6.45) is -1.02. The lowest BCUT2D eigenvalue weighted by molar-refractivity contribution is -0.163. The Morgan fingerprint density at radius 1 is 1.89 bits per heavy atom. The van der Waals surface area contributed by atoms with Crippen molar-refractivity contribution >= 4 is 5.97 Å². The number of nitrogens with one attached hydrogen (secondary N) is 1. The second kappa shape index (κ2) is 4.29. The van der Waals surface area contributed by atoms with E-state index < -0.39 is 12.3 Å². The molecule has 54 valence electrons. The molecule has 0 saturated heterocycles. The van der Waals surface area contributed by atoms with Gasteiger partial charge in [-0.25, -0.2) is 0 Å². The zero-order valence-corrected chi connectivity index (χ0v) is 5.55. The summed E-state index contributed by atoms with van der Waals surface area (Å²) in [5.74, 6) is -0.474. The number of aliphatic hydroxyl groups is 1. The molecule has 0 aliphatic heterocycles. The van der Waals surface area contributed by atoms with Crippen molar-refractivity contribution in [3.05, 3.63) is 0 Å². The van der Waals surface area contributed by atoms with Crippen molar-refractivity contribution in [3.63, 3.8) is 0 Å². The molecule has 0 spiro atoms. The van der Waals surface area contributed by atoms with Crippen LogP contribution in [0, 0.1) is 0 Å². The third-order valence-corrected chi connectivity index (χ3v) is 0.681. The molecule has 0 fully saturated rings. The van der Waals surface area contributed by atoms with E-state index in [-0.39, 0.29) is 6.54 Å². The fraction of sp³-hybridized carbons (Fsp3) is 0.800. The number of ether oxygens (including phenoxy) is 1. The van der Waals surface area contributed by atoms with Gasteiger partial charge in [-0.15, -0.1) is 0 Å². The molecule has 0 aliphatic carbocycles. The molecule has 0 heterocycles. The summed E-state index contributed by atoms with van der Waals surface area (Å²) in [5, 5.41) is 11.4. The molecule has 0 amide bonds. The predicted octanol–water partition coefficient (Wildman–Crippen LogP) is -0.913. The molecule has 0 radical (unpaired) electrons. The maximum absolute atomic E-state index is 10.1. The van der Waals surface area contributed by atoms with Crippen LogP contribution in [-0.2, 0) is 9.53 Å². The molecule has 0 aromatic heterocycles. The van der Waals surface area contributed by atoms with E-state index in [0.29, 0.717) is 0 Å². The second-order valence-electron chi connectivity index (χ2n) is 1.62. The number of rotatable bonds is 3. The van der Waals surface area contributed by atoms with Crippen molar-refractivity contribution < 1.29 is 14.6 Å². The summed E-state index contributed by atoms with van der Waals surface area (Å²) in [7, 11) is 1.66. The van der Waals surface area contributed by atoms with E-state index in [9.17, 15) is 4.79 Å². The molecule has 0 aromatic carbocycles. The molecule has 1 unspecified atom stereocenters. The van der Waals surface area contributed by atoms with Gasteiger partial charge in [0.2, 0.25) is 6.29 Å². The highest BCUT2D eigenvalue weighted by Gasteiger charge is 2.03. The quantitative estimate of drug-likeness (QED) is 0.386. The first kappa shape index (κ1) is 8.39. The van der Waals surface area contributed by atoms with E-state index >= 15 is 0 Å². The molecule has 0 saturated carbocycles. The summed E-state index contributed by atoms with van der Waals surface area (Å²) < 4.78 is 4.34. The van der Waals surface area contributed by atoms with Gasteiger partial charge in [-0.05, 0) is 7.05 Å². The van der Waals surface area contributed by atoms with Crippen molar-refractivity contribution in [2.24, 2.45) is 0 Å². The summed E-state index contributed by atoms with van der Waals surface area (Å²) in [5.41, 5.74) is 0. The first-order chi connectivity index (χ1) is 4.16. The third-order valence-electron chi connectivity index (χ3n) is 0.681. The summed E-state index contributed by atoms with van der Waals surface area (Å²) in [6.45, 7) is 1.51. The highest BCUT2D eigenvalue weighted by molar-refractivity contribution is 5.66. The minimum absolute atomic E-state index is 0.263. The lowest BCUT2D eigenvalue weighted by Crippen LogP contribution is -2.27. The number of carbonyl (C=O) groups is 1. The van der Waals surface area contributed by atoms with Gasteiger partial charge < -0.3 is 15.2 Å². The Morgan fingerprint density at radius 3 is 2.78 bits per heavy atom. The van der Waals surface area contributed by atoms with Crippen LogP contribution in [0.15, 0.2) is 0 Å². The topological polar surface area (TPSA) is 58.6 Å². The Morgan fingerprint density at radius 2 is 2.44 bits per heavy atom. The highest BCUT2D eigenvalue weighted by atomic mass is 16.6. The molecule has 0 bridgehead atoms. The Hall–Kier alpha value is -0.610. The van der Waals surface area contributed by atoms with Gasteiger partial charge in [0.15, 0.2) is 0 Å². The fourth-order valence-corrected chi connectivity index (χ4v) is 0.408. The fourth-order valence-electron chi connectivity index (χ4n) is 0.408. The van der Waals surface area contributed by atoms with Crippen LogP contribution < -0.4 is 5.32 Å². The second-order valence-corrected chi connectivity index (χ2v) is 1.62. The number of likely N-dealkylation sites (N-methyl/N-ethyl adjacent to an activating group) is 1. The largest absolute Gasteiger partial charge is 0.435 e. The predicted molar refractivity (Wildman–Crippen MR) is 31.7 cm³/mol. The lowest BCUT2D eigenvalue weighted by atomic mass is 10.6. The first-order valence-corrected chi connectivity index (χ1v) is 2.66. The number of aliphatic hydroxyl groups excluding tert-OH is 1. The van der Waals surface area contributed by atoms with Gasteiger partial charge in [-0.3, -0.25) is 4.79 Å². The molecule has 9 heavy (non-hydrogen) atoms. The van der Waals surface area contributed by atoms with E-state index in [1.807, 2.05) is 0 Å². The average Bonchev–Trinajstić information content (AvgIpc) is 1.63. The van der Waals surface area contributed by atoms with Crippen molar-refractivity contribution in [2.45, 2.75) is 13.2 Å². The van der Waals surface area contributed by atoms with Gasteiger partial charge in [0.1, 0.15) is 0 Å². The standard InChI is InChI=1S/C5H11NO3/c1-4(7)9-5(8)3-6-2/h5-6,8H,3H2,1-2H3. The Balaban J connectivity index is 3.26. The molecule has 1 atom stereocenters. The molecule has 4 heteroatoms. The molecule has 4 nitrogen and oxygen atoms in total. The number of hydrogen-bond donors (Lipinski definition) is 2. The van der Waals surface area contributed by atoms with Crippen LogP contribution in [0.4, 0.5) is 0 Å². The SMILES string of the molecule is CNCC(O)OC(C)=O. The minimum atomic E-state index is -1.02. The van der Waals surface area contributed by atoms with E-state index in [2.05, 4.69) is 10.1 Å². The van der Waals surface area contributed by atoms with Gasteiger partial charge in [-0.1, -0.05) is 0 Å². The van der Waals surface area contributed by atoms with E-state index in [1.54, 1.807) is 7.05 Å². The molecular weight excluding hydrogens is 122 g/mol. The smallest absolute Gasteiger partial charge is 0.304 e. The highest BCUT2D eigenvalue weighted by Crippen LogP contribution is 1.83. The minimum Gasteiger partial charge on any atom is -0.435 e. The van der Waals surface area contributed by atoms with Crippen molar-refractivity contribution in [3.8, 4) is 0 Å². The maximum atomic E-state index is 10.1.